The topological polar surface area (TPSA) is 38.2 Å². The van der Waals surface area contributed by atoms with Crippen LogP contribution in [0.2, 0.25) is 0 Å². The predicted molar refractivity (Wildman–Crippen MR) is 61.8 cm³/mol. The molecule has 0 unspecified atom stereocenters. The minimum absolute atomic E-state index is 0.316. The average Bonchev–Trinajstić information content (AvgIpc) is 2.25. The lowest BCUT2D eigenvalue weighted by atomic mass is 10.3. The molecule has 1 heterocycles. The van der Waals surface area contributed by atoms with Gasteiger partial charge in [-0.25, -0.2) is 4.98 Å². The highest BCUT2D eigenvalue weighted by Gasteiger charge is 2.13. The lowest BCUT2D eigenvalue weighted by Gasteiger charge is -2.25. The molecular formula is C10H16ClN3O. The van der Waals surface area contributed by atoms with Crippen molar-refractivity contribution in [3.63, 3.8) is 0 Å². The van der Waals surface area contributed by atoms with E-state index in [1.807, 2.05) is 4.90 Å². The first-order valence-electron chi connectivity index (χ1n) is 4.88. The van der Waals surface area contributed by atoms with E-state index in [4.69, 9.17) is 16.3 Å². The summed E-state index contributed by atoms with van der Waals surface area (Å²) < 4.78 is 5.05. The van der Waals surface area contributed by atoms with Crippen LogP contribution in [0.15, 0.2) is 12.3 Å². The number of halogens is 1. The fourth-order valence-electron chi connectivity index (χ4n) is 1.26. The van der Waals surface area contributed by atoms with Gasteiger partial charge in [0.15, 0.2) is 0 Å². The van der Waals surface area contributed by atoms with Gasteiger partial charge in [-0.15, -0.1) is 11.6 Å². The van der Waals surface area contributed by atoms with Crippen LogP contribution in [0.4, 0.5) is 5.95 Å². The monoisotopic (exact) mass is 229 g/mol. The van der Waals surface area contributed by atoms with Gasteiger partial charge in [0, 0.05) is 30.7 Å². The molecule has 0 aromatic carbocycles. The molecule has 0 radical (unpaired) electrons. The van der Waals surface area contributed by atoms with Crippen molar-refractivity contribution in [1.29, 1.82) is 0 Å². The fourth-order valence-corrected chi connectivity index (χ4v) is 1.45. The van der Waals surface area contributed by atoms with E-state index in [-0.39, 0.29) is 0 Å². The highest BCUT2D eigenvalue weighted by atomic mass is 35.5. The van der Waals surface area contributed by atoms with Crippen molar-refractivity contribution in [1.82, 2.24) is 9.97 Å². The van der Waals surface area contributed by atoms with E-state index < -0.39 is 0 Å². The molecule has 0 N–H and O–H groups in total. The van der Waals surface area contributed by atoms with Crippen LogP contribution in [0, 0.1) is 0 Å². The molecule has 1 rings (SSSR count). The Kier molecular flexibility index (Phi) is 4.62. The van der Waals surface area contributed by atoms with Crippen LogP contribution in [-0.2, 0) is 0 Å². The summed E-state index contributed by atoms with van der Waals surface area (Å²) in [5.74, 6) is 1.78. The van der Waals surface area contributed by atoms with Crippen molar-refractivity contribution >= 4 is 17.5 Å². The number of hydrogen-bond acceptors (Lipinski definition) is 4. The van der Waals surface area contributed by atoms with Crippen molar-refractivity contribution in [3.05, 3.63) is 12.3 Å². The lowest BCUT2D eigenvalue weighted by Crippen LogP contribution is -2.34. The standard InChI is InChI=1S/C10H16ClN3O/c1-8(2)14(7-5-11)10-12-6-4-9(13-10)15-3/h4,6,8H,5,7H2,1-3H3. The highest BCUT2D eigenvalue weighted by Crippen LogP contribution is 2.14. The first kappa shape index (κ1) is 12.0. The fraction of sp³-hybridized carbons (Fsp3) is 0.600. The maximum Gasteiger partial charge on any atom is 0.228 e. The van der Waals surface area contributed by atoms with Crippen LogP contribution in [0.3, 0.4) is 0 Å². The summed E-state index contributed by atoms with van der Waals surface area (Å²) in [6, 6.07) is 2.04. The highest BCUT2D eigenvalue weighted by molar-refractivity contribution is 6.18. The molecule has 0 aliphatic heterocycles. The Morgan fingerprint density at radius 3 is 2.80 bits per heavy atom. The van der Waals surface area contributed by atoms with Crippen LogP contribution in [-0.4, -0.2) is 35.5 Å². The Labute approximate surface area is 95.2 Å². The van der Waals surface area contributed by atoms with Crippen molar-refractivity contribution in [2.75, 3.05) is 24.4 Å². The number of methoxy groups -OCH3 is 1. The number of anilines is 1. The van der Waals surface area contributed by atoms with E-state index >= 15 is 0 Å². The normalized spacial score (nSPS) is 10.5. The van der Waals surface area contributed by atoms with E-state index in [1.54, 1.807) is 19.4 Å². The summed E-state index contributed by atoms with van der Waals surface area (Å²) in [6.45, 7) is 4.89. The van der Waals surface area contributed by atoms with Gasteiger partial charge in [-0.3, -0.25) is 0 Å². The van der Waals surface area contributed by atoms with Crippen LogP contribution >= 0.6 is 11.6 Å². The number of rotatable bonds is 5. The molecule has 1 aromatic rings. The molecule has 15 heavy (non-hydrogen) atoms. The number of nitrogens with zero attached hydrogens (tertiary/aromatic N) is 3. The first-order chi connectivity index (χ1) is 7.19. The quantitative estimate of drug-likeness (QED) is 0.724. The molecule has 0 amide bonds. The first-order valence-corrected chi connectivity index (χ1v) is 5.42. The smallest absolute Gasteiger partial charge is 0.228 e. The Hall–Kier alpha value is -1.03. The third-order valence-electron chi connectivity index (χ3n) is 2.03. The minimum atomic E-state index is 0.316. The van der Waals surface area contributed by atoms with E-state index in [9.17, 15) is 0 Å². The zero-order chi connectivity index (χ0) is 11.3. The zero-order valence-electron chi connectivity index (χ0n) is 9.27. The number of hydrogen-bond donors (Lipinski definition) is 0. The van der Waals surface area contributed by atoms with Crippen LogP contribution in [0.25, 0.3) is 0 Å². The van der Waals surface area contributed by atoms with Gasteiger partial charge < -0.3 is 9.64 Å². The Balaban J connectivity index is 2.89. The average molecular weight is 230 g/mol. The summed E-state index contributed by atoms with van der Waals surface area (Å²) >= 11 is 5.74. The van der Waals surface area contributed by atoms with Gasteiger partial charge in [-0.2, -0.15) is 4.98 Å². The Morgan fingerprint density at radius 2 is 2.27 bits per heavy atom. The summed E-state index contributed by atoms with van der Waals surface area (Å²) in [4.78, 5) is 10.5. The maximum absolute atomic E-state index is 5.74. The SMILES string of the molecule is COc1ccnc(N(CCCl)C(C)C)n1. The van der Waals surface area contributed by atoms with Gasteiger partial charge in [0.05, 0.1) is 7.11 Å². The van der Waals surface area contributed by atoms with Crippen molar-refractivity contribution in [2.24, 2.45) is 0 Å². The molecule has 5 heteroatoms. The van der Waals surface area contributed by atoms with Crippen LogP contribution in [0.5, 0.6) is 5.88 Å². The predicted octanol–water partition coefficient (Wildman–Crippen LogP) is 1.94. The maximum atomic E-state index is 5.74. The Bertz CT molecular complexity index is 306. The van der Waals surface area contributed by atoms with Gasteiger partial charge in [0.25, 0.3) is 0 Å². The van der Waals surface area contributed by atoms with Gasteiger partial charge in [-0.1, -0.05) is 0 Å². The van der Waals surface area contributed by atoms with Gasteiger partial charge >= 0.3 is 0 Å². The van der Waals surface area contributed by atoms with Gasteiger partial charge in [0.1, 0.15) is 0 Å². The van der Waals surface area contributed by atoms with E-state index in [1.165, 1.54) is 0 Å². The number of ether oxygens (including phenoxy) is 1. The molecule has 1 aromatic heterocycles. The largest absolute Gasteiger partial charge is 0.481 e. The van der Waals surface area contributed by atoms with Crippen molar-refractivity contribution in [2.45, 2.75) is 19.9 Å². The number of alkyl halides is 1. The second kappa shape index (κ2) is 5.75. The van der Waals surface area contributed by atoms with Crippen LogP contribution in [0.1, 0.15) is 13.8 Å². The Morgan fingerprint density at radius 1 is 1.53 bits per heavy atom. The molecule has 0 bridgehead atoms. The van der Waals surface area contributed by atoms with E-state index in [0.717, 1.165) is 6.54 Å². The van der Waals surface area contributed by atoms with Gasteiger partial charge in [-0.05, 0) is 13.8 Å². The summed E-state index contributed by atoms with van der Waals surface area (Å²) in [6.07, 6.45) is 1.69. The summed E-state index contributed by atoms with van der Waals surface area (Å²) in [7, 11) is 1.59. The van der Waals surface area contributed by atoms with Gasteiger partial charge in [0.2, 0.25) is 11.8 Å². The third kappa shape index (κ3) is 3.23. The molecule has 0 saturated carbocycles. The lowest BCUT2D eigenvalue weighted by molar-refractivity contribution is 0.396. The zero-order valence-corrected chi connectivity index (χ0v) is 10.0. The summed E-state index contributed by atoms with van der Waals surface area (Å²) in [5, 5.41) is 0. The number of aromatic nitrogens is 2. The molecule has 0 aliphatic carbocycles. The molecular weight excluding hydrogens is 214 g/mol. The molecule has 4 nitrogen and oxygen atoms in total. The molecule has 0 atom stereocenters. The van der Waals surface area contributed by atoms with E-state index in [0.29, 0.717) is 23.8 Å². The van der Waals surface area contributed by atoms with E-state index in [2.05, 4.69) is 23.8 Å². The molecule has 0 aliphatic rings. The molecule has 0 spiro atoms. The summed E-state index contributed by atoms with van der Waals surface area (Å²) in [5.41, 5.74) is 0. The second-order valence-electron chi connectivity index (χ2n) is 3.38. The third-order valence-corrected chi connectivity index (χ3v) is 2.20. The minimum Gasteiger partial charge on any atom is -0.481 e. The van der Waals surface area contributed by atoms with Crippen molar-refractivity contribution in [3.8, 4) is 5.88 Å². The second-order valence-corrected chi connectivity index (χ2v) is 3.75. The molecule has 84 valence electrons. The molecule has 0 fully saturated rings. The molecule has 0 saturated heterocycles. The van der Waals surface area contributed by atoms with Crippen LogP contribution < -0.4 is 9.64 Å². The van der Waals surface area contributed by atoms with Crippen molar-refractivity contribution < 1.29 is 4.74 Å².